The molecule has 1 fully saturated rings. The van der Waals surface area contributed by atoms with Crippen LogP contribution in [-0.2, 0) is 19.6 Å². The van der Waals surface area contributed by atoms with Crippen LogP contribution in [0, 0.1) is 0 Å². The Labute approximate surface area is 146 Å². The summed E-state index contributed by atoms with van der Waals surface area (Å²) < 4.78 is 24.7. The number of anilines is 1. The maximum absolute atomic E-state index is 12.2. The molecule has 1 aromatic rings. The number of nitrogens with one attached hydrogen (secondary N) is 2. The number of nitrogens with zero attached hydrogens (tertiary/aromatic N) is 1. The first-order valence-corrected chi connectivity index (χ1v) is 9.80. The van der Waals surface area contributed by atoms with Crippen LogP contribution in [0.1, 0.15) is 19.3 Å². The zero-order chi connectivity index (χ0) is 17.7. The third-order valence-corrected chi connectivity index (χ3v) is 5.27. The minimum Gasteiger partial charge on any atom is -0.346 e. The zero-order valence-electron chi connectivity index (χ0n) is 13.3. The van der Waals surface area contributed by atoms with Gasteiger partial charge in [-0.3, -0.25) is 9.59 Å². The topological polar surface area (TPSA) is 95.6 Å². The van der Waals surface area contributed by atoms with E-state index in [1.165, 1.54) is 4.31 Å². The lowest BCUT2D eigenvalue weighted by molar-refractivity contribution is -0.127. The van der Waals surface area contributed by atoms with Gasteiger partial charge < -0.3 is 10.6 Å². The molecule has 2 amide bonds. The van der Waals surface area contributed by atoms with Crippen LogP contribution in [0.25, 0.3) is 0 Å². The average molecular weight is 374 g/mol. The molecule has 1 unspecified atom stereocenters. The molecule has 9 heteroatoms. The van der Waals surface area contributed by atoms with Gasteiger partial charge in [0.05, 0.1) is 12.8 Å². The van der Waals surface area contributed by atoms with Crippen molar-refractivity contribution in [2.24, 2.45) is 0 Å². The summed E-state index contributed by atoms with van der Waals surface area (Å²) in [5, 5.41) is 5.68. The number of carbonyl (C=O) groups is 2. The van der Waals surface area contributed by atoms with E-state index in [-0.39, 0.29) is 6.54 Å². The SMILES string of the molecule is CS(=O)(=O)N1CCCCC1C(=O)NCC(=O)Nc1ccc(Cl)cc1. The molecule has 2 N–H and O–H groups in total. The highest BCUT2D eigenvalue weighted by Gasteiger charge is 2.34. The van der Waals surface area contributed by atoms with E-state index < -0.39 is 27.9 Å². The molecular formula is C15H20ClN3O4S. The van der Waals surface area contributed by atoms with Gasteiger partial charge in [-0.1, -0.05) is 18.0 Å². The Morgan fingerprint density at radius 3 is 2.54 bits per heavy atom. The highest BCUT2D eigenvalue weighted by molar-refractivity contribution is 7.88. The van der Waals surface area contributed by atoms with E-state index in [4.69, 9.17) is 11.6 Å². The van der Waals surface area contributed by atoms with Gasteiger partial charge in [0.15, 0.2) is 0 Å². The number of piperidine rings is 1. The van der Waals surface area contributed by atoms with Crippen LogP contribution in [0.4, 0.5) is 5.69 Å². The molecule has 132 valence electrons. The van der Waals surface area contributed by atoms with Gasteiger partial charge in [-0.25, -0.2) is 8.42 Å². The molecule has 7 nitrogen and oxygen atoms in total. The van der Waals surface area contributed by atoms with Crippen molar-refractivity contribution in [3.8, 4) is 0 Å². The molecule has 0 aliphatic carbocycles. The van der Waals surface area contributed by atoms with E-state index in [9.17, 15) is 18.0 Å². The molecule has 1 aromatic carbocycles. The third-order valence-electron chi connectivity index (χ3n) is 3.73. The first-order valence-electron chi connectivity index (χ1n) is 7.57. The van der Waals surface area contributed by atoms with Crippen molar-refractivity contribution in [1.82, 2.24) is 9.62 Å². The average Bonchev–Trinajstić information content (AvgIpc) is 2.54. The fourth-order valence-electron chi connectivity index (χ4n) is 2.59. The summed E-state index contributed by atoms with van der Waals surface area (Å²) in [7, 11) is -3.45. The molecule has 0 aromatic heterocycles. The normalized spacial score (nSPS) is 18.8. The van der Waals surface area contributed by atoms with Gasteiger partial charge in [0.1, 0.15) is 6.04 Å². The zero-order valence-corrected chi connectivity index (χ0v) is 14.9. The molecule has 1 aliphatic rings. The van der Waals surface area contributed by atoms with Crippen LogP contribution in [0.5, 0.6) is 0 Å². The summed E-state index contributed by atoms with van der Waals surface area (Å²) in [5.74, 6) is -0.848. The number of sulfonamides is 1. The minimum absolute atomic E-state index is 0.227. The molecule has 0 bridgehead atoms. The van der Waals surface area contributed by atoms with Crippen molar-refractivity contribution < 1.29 is 18.0 Å². The number of halogens is 1. The molecule has 1 saturated heterocycles. The summed E-state index contributed by atoms with van der Waals surface area (Å²) in [6.07, 6.45) is 3.05. The largest absolute Gasteiger partial charge is 0.346 e. The van der Waals surface area contributed by atoms with E-state index in [2.05, 4.69) is 10.6 Å². The lowest BCUT2D eigenvalue weighted by Gasteiger charge is -2.32. The van der Waals surface area contributed by atoms with Gasteiger partial charge in [0.25, 0.3) is 0 Å². The summed E-state index contributed by atoms with van der Waals surface area (Å²) in [6, 6.07) is 5.82. The van der Waals surface area contributed by atoms with Crippen molar-refractivity contribution in [1.29, 1.82) is 0 Å². The van der Waals surface area contributed by atoms with Crippen molar-refractivity contribution in [3.05, 3.63) is 29.3 Å². The molecule has 0 saturated carbocycles. The van der Waals surface area contributed by atoms with Crippen molar-refractivity contribution >= 4 is 39.1 Å². The summed E-state index contributed by atoms with van der Waals surface area (Å²) in [6.45, 7) is 0.101. The Hall–Kier alpha value is -1.64. The predicted octanol–water partition coefficient (Wildman–Crippen LogP) is 1.21. The standard InChI is InChI=1S/C15H20ClN3O4S/c1-24(22,23)19-9-3-2-4-13(19)15(21)17-10-14(20)18-12-7-5-11(16)6-8-12/h5-8,13H,2-4,9-10H2,1H3,(H,17,21)(H,18,20). The van der Waals surface area contributed by atoms with Crippen molar-refractivity contribution in [2.75, 3.05) is 24.7 Å². The van der Waals surface area contributed by atoms with Crippen LogP contribution >= 0.6 is 11.6 Å². The number of amides is 2. The molecule has 0 spiro atoms. The van der Waals surface area contributed by atoms with Crippen LogP contribution in [0.3, 0.4) is 0 Å². The van der Waals surface area contributed by atoms with Gasteiger partial charge in [-0.15, -0.1) is 0 Å². The predicted molar refractivity (Wildman–Crippen MR) is 92.3 cm³/mol. The van der Waals surface area contributed by atoms with E-state index in [0.29, 0.717) is 23.7 Å². The second-order valence-electron chi connectivity index (χ2n) is 5.66. The van der Waals surface area contributed by atoms with Crippen LogP contribution < -0.4 is 10.6 Å². The Balaban J connectivity index is 1.89. The van der Waals surface area contributed by atoms with E-state index >= 15 is 0 Å². The first-order chi connectivity index (χ1) is 11.3. The monoisotopic (exact) mass is 373 g/mol. The number of rotatable bonds is 5. The minimum atomic E-state index is -3.45. The van der Waals surface area contributed by atoms with Crippen LogP contribution in [-0.4, -0.2) is 49.9 Å². The van der Waals surface area contributed by atoms with Gasteiger partial charge in [0, 0.05) is 17.3 Å². The number of carbonyl (C=O) groups excluding carboxylic acids is 2. The second-order valence-corrected chi connectivity index (χ2v) is 8.03. The summed E-state index contributed by atoms with van der Waals surface area (Å²) in [5.41, 5.74) is 0.564. The third kappa shape index (κ3) is 5.19. The Morgan fingerprint density at radius 1 is 1.25 bits per heavy atom. The van der Waals surface area contributed by atoms with E-state index in [0.717, 1.165) is 19.1 Å². The molecule has 24 heavy (non-hydrogen) atoms. The van der Waals surface area contributed by atoms with E-state index in [1.807, 2.05) is 0 Å². The molecule has 2 rings (SSSR count). The maximum Gasteiger partial charge on any atom is 0.243 e. The summed E-state index contributed by atoms with van der Waals surface area (Å²) in [4.78, 5) is 24.1. The van der Waals surface area contributed by atoms with E-state index in [1.54, 1.807) is 24.3 Å². The summed E-state index contributed by atoms with van der Waals surface area (Å²) >= 11 is 5.76. The fourth-order valence-corrected chi connectivity index (χ4v) is 3.84. The lowest BCUT2D eigenvalue weighted by atomic mass is 10.0. The van der Waals surface area contributed by atoms with Crippen LogP contribution in [0.15, 0.2) is 24.3 Å². The van der Waals surface area contributed by atoms with Gasteiger partial charge >= 0.3 is 0 Å². The second kappa shape index (κ2) is 7.96. The highest BCUT2D eigenvalue weighted by atomic mass is 35.5. The fraction of sp³-hybridized carbons (Fsp3) is 0.467. The Kier molecular flexibility index (Phi) is 6.20. The molecule has 1 aliphatic heterocycles. The van der Waals surface area contributed by atoms with Gasteiger partial charge in [-0.05, 0) is 37.1 Å². The smallest absolute Gasteiger partial charge is 0.243 e. The van der Waals surface area contributed by atoms with Gasteiger partial charge in [0.2, 0.25) is 21.8 Å². The quantitative estimate of drug-likeness (QED) is 0.810. The molecule has 1 heterocycles. The van der Waals surface area contributed by atoms with Crippen molar-refractivity contribution in [2.45, 2.75) is 25.3 Å². The Bertz CT molecular complexity index is 706. The number of benzene rings is 1. The molecule has 0 radical (unpaired) electrons. The molecule has 1 atom stereocenters. The first kappa shape index (κ1) is 18.7. The lowest BCUT2D eigenvalue weighted by Crippen LogP contribution is -2.52. The van der Waals surface area contributed by atoms with Crippen LogP contribution in [0.2, 0.25) is 5.02 Å². The highest BCUT2D eigenvalue weighted by Crippen LogP contribution is 2.20. The van der Waals surface area contributed by atoms with Gasteiger partial charge in [-0.2, -0.15) is 4.31 Å². The van der Waals surface area contributed by atoms with Crippen molar-refractivity contribution in [3.63, 3.8) is 0 Å². The maximum atomic E-state index is 12.2. The number of hydrogen-bond donors (Lipinski definition) is 2. The molecular weight excluding hydrogens is 354 g/mol. The Morgan fingerprint density at radius 2 is 1.92 bits per heavy atom. The number of hydrogen-bond acceptors (Lipinski definition) is 4.